The van der Waals surface area contributed by atoms with Crippen molar-refractivity contribution in [3.05, 3.63) is 47.8 Å². The molecular weight excluding hydrogens is 274 g/mol. The summed E-state index contributed by atoms with van der Waals surface area (Å²) in [6.07, 6.45) is 1.68. The first-order chi connectivity index (χ1) is 9.20. The summed E-state index contributed by atoms with van der Waals surface area (Å²) in [4.78, 5) is 3.20. The topological polar surface area (TPSA) is 59.2 Å². The first kappa shape index (κ1) is 14.7. The number of nitrogens with one attached hydrogen (secondary N) is 1. The standard InChI is InChI=1S/C15H19NO3S/c1-11-5-7-12(8-6-11)20(17,18)19-13-9-10-16-14(13)15(2,3)4/h5-10,16H,1-4H3. The summed E-state index contributed by atoms with van der Waals surface area (Å²) in [5, 5.41) is 0. The summed E-state index contributed by atoms with van der Waals surface area (Å²) in [7, 11) is -3.80. The molecule has 0 aliphatic carbocycles. The van der Waals surface area contributed by atoms with E-state index >= 15 is 0 Å². The number of aromatic nitrogens is 1. The molecule has 0 unspecified atom stereocenters. The lowest BCUT2D eigenvalue weighted by molar-refractivity contribution is 0.468. The van der Waals surface area contributed by atoms with Crippen LogP contribution in [0.1, 0.15) is 32.0 Å². The summed E-state index contributed by atoms with van der Waals surface area (Å²) >= 11 is 0. The maximum atomic E-state index is 12.3. The normalized spacial score (nSPS) is 12.4. The fourth-order valence-electron chi connectivity index (χ4n) is 1.88. The molecule has 4 nitrogen and oxygen atoms in total. The summed E-state index contributed by atoms with van der Waals surface area (Å²) < 4.78 is 29.8. The smallest absolute Gasteiger partial charge is 0.339 e. The van der Waals surface area contributed by atoms with Crippen molar-refractivity contribution < 1.29 is 12.6 Å². The molecule has 1 heterocycles. The Hall–Kier alpha value is -1.75. The molecule has 1 aromatic carbocycles. The molecular formula is C15H19NO3S. The Morgan fingerprint density at radius 3 is 2.20 bits per heavy atom. The second-order valence-corrected chi connectivity index (χ2v) is 7.36. The van der Waals surface area contributed by atoms with Crippen LogP contribution >= 0.6 is 0 Å². The van der Waals surface area contributed by atoms with Crippen LogP contribution in [0.4, 0.5) is 0 Å². The Balaban J connectivity index is 2.34. The predicted octanol–water partition coefficient (Wildman–Crippen LogP) is 3.39. The minimum Gasteiger partial charge on any atom is -0.377 e. The Morgan fingerprint density at radius 2 is 1.65 bits per heavy atom. The number of hydrogen-bond acceptors (Lipinski definition) is 3. The van der Waals surface area contributed by atoms with Gasteiger partial charge in [0.1, 0.15) is 4.90 Å². The number of aryl methyl sites for hydroxylation is 1. The van der Waals surface area contributed by atoms with Gasteiger partial charge in [0.15, 0.2) is 5.75 Å². The van der Waals surface area contributed by atoms with Gasteiger partial charge in [0, 0.05) is 11.6 Å². The molecule has 0 amide bonds. The number of hydrogen-bond donors (Lipinski definition) is 1. The Labute approximate surface area is 119 Å². The zero-order valence-electron chi connectivity index (χ0n) is 12.1. The van der Waals surface area contributed by atoms with E-state index in [0.29, 0.717) is 5.75 Å². The molecule has 0 fully saturated rings. The largest absolute Gasteiger partial charge is 0.377 e. The Kier molecular flexibility index (Phi) is 3.65. The average molecular weight is 293 g/mol. The van der Waals surface area contributed by atoms with Crippen molar-refractivity contribution in [1.82, 2.24) is 4.98 Å². The summed E-state index contributed by atoms with van der Waals surface area (Å²) in [6, 6.07) is 8.23. The third kappa shape index (κ3) is 3.04. The lowest BCUT2D eigenvalue weighted by Crippen LogP contribution is -2.16. The molecule has 0 spiro atoms. The van der Waals surface area contributed by atoms with E-state index < -0.39 is 10.1 Å². The highest BCUT2D eigenvalue weighted by molar-refractivity contribution is 7.87. The van der Waals surface area contributed by atoms with Gasteiger partial charge in [-0.05, 0) is 25.1 Å². The molecule has 0 atom stereocenters. The van der Waals surface area contributed by atoms with Crippen LogP contribution in [0.5, 0.6) is 5.75 Å². The lowest BCUT2D eigenvalue weighted by Gasteiger charge is -2.19. The van der Waals surface area contributed by atoms with Gasteiger partial charge in [-0.3, -0.25) is 0 Å². The van der Waals surface area contributed by atoms with Crippen molar-refractivity contribution in [2.24, 2.45) is 0 Å². The predicted molar refractivity (Wildman–Crippen MR) is 78.5 cm³/mol. The zero-order chi connectivity index (χ0) is 15.0. The van der Waals surface area contributed by atoms with Crippen molar-refractivity contribution in [3.8, 4) is 5.75 Å². The van der Waals surface area contributed by atoms with Crippen LogP contribution in [0.15, 0.2) is 41.4 Å². The van der Waals surface area contributed by atoms with Gasteiger partial charge in [-0.25, -0.2) is 0 Å². The SMILES string of the molecule is Cc1ccc(S(=O)(=O)Oc2cc[nH]c2C(C)(C)C)cc1. The molecule has 0 saturated carbocycles. The zero-order valence-corrected chi connectivity index (χ0v) is 12.9. The number of H-pyrrole nitrogens is 1. The molecule has 20 heavy (non-hydrogen) atoms. The summed E-state index contributed by atoms with van der Waals surface area (Å²) in [6.45, 7) is 7.87. The monoisotopic (exact) mass is 293 g/mol. The van der Waals surface area contributed by atoms with Crippen molar-refractivity contribution in [2.45, 2.75) is 38.0 Å². The first-order valence-corrected chi connectivity index (χ1v) is 7.80. The quantitative estimate of drug-likeness (QED) is 0.882. The van der Waals surface area contributed by atoms with Crippen LogP contribution < -0.4 is 4.18 Å². The number of rotatable bonds is 3. The van der Waals surface area contributed by atoms with Crippen molar-refractivity contribution in [2.75, 3.05) is 0 Å². The molecule has 1 N–H and O–H groups in total. The molecule has 5 heteroatoms. The van der Waals surface area contributed by atoms with E-state index in [1.165, 1.54) is 0 Å². The molecule has 0 saturated heterocycles. The van der Waals surface area contributed by atoms with Gasteiger partial charge >= 0.3 is 10.1 Å². The highest BCUT2D eigenvalue weighted by Gasteiger charge is 2.24. The maximum absolute atomic E-state index is 12.3. The third-order valence-electron chi connectivity index (χ3n) is 2.97. The van der Waals surface area contributed by atoms with Crippen molar-refractivity contribution in [3.63, 3.8) is 0 Å². The van der Waals surface area contributed by atoms with Crippen molar-refractivity contribution in [1.29, 1.82) is 0 Å². The van der Waals surface area contributed by atoms with Crippen LogP contribution in [0.25, 0.3) is 0 Å². The minimum atomic E-state index is -3.80. The van der Waals surface area contributed by atoms with Crippen LogP contribution in [-0.4, -0.2) is 13.4 Å². The average Bonchev–Trinajstić information content (AvgIpc) is 2.76. The highest BCUT2D eigenvalue weighted by atomic mass is 32.2. The second-order valence-electron chi connectivity index (χ2n) is 5.82. The maximum Gasteiger partial charge on any atom is 0.339 e. The van der Waals surface area contributed by atoms with E-state index in [1.54, 1.807) is 36.5 Å². The highest BCUT2D eigenvalue weighted by Crippen LogP contribution is 2.31. The molecule has 0 bridgehead atoms. The van der Waals surface area contributed by atoms with Gasteiger partial charge in [-0.15, -0.1) is 0 Å². The second kappa shape index (κ2) is 4.98. The first-order valence-electron chi connectivity index (χ1n) is 6.39. The van der Waals surface area contributed by atoms with E-state index in [9.17, 15) is 8.42 Å². The van der Waals surface area contributed by atoms with Gasteiger partial charge in [0.25, 0.3) is 0 Å². The molecule has 0 aliphatic heterocycles. The molecule has 108 valence electrons. The van der Waals surface area contributed by atoms with Gasteiger partial charge in [0.2, 0.25) is 0 Å². The van der Waals surface area contributed by atoms with Crippen molar-refractivity contribution >= 4 is 10.1 Å². The lowest BCUT2D eigenvalue weighted by atomic mass is 9.92. The minimum absolute atomic E-state index is 0.157. The fourth-order valence-corrected chi connectivity index (χ4v) is 2.82. The summed E-state index contributed by atoms with van der Waals surface area (Å²) in [5.74, 6) is 0.345. The Morgan fingerprint density at radius 1 is 1.05 bits per heavy atom. The van der Waals surface area contributed by atoms with E-state index in [4.69, 9.17) is 4.18 Å². The fraction of sp³-hybridized carbons (Fsp3) is 0.333. The van der Waals surface area contributed by atoms with Crippen LogP contribution in [0, 0.1) is 6.92 Å². The Bertz CT molecular complexity index is 691. The van der Waals surface area contributed by atoms with Gasteiger partial charge in [-0.2, -0.15) is 8.42 Å². The van der Waals surface area contributed by atoms with Gasteiger partial charge in [0.05, 0.1) is 5.69 Å². The molecule has 0 aliphatic rings. The van der Waals surface area contributed by atoms with Gasteiger partial charge < -0.3 is 9.17 Å². The van der Waals surface area contributed by atoms with Crippen LogP contribution in [0.3, 0.4) is 0 Å². The molecule has 0 radical (unpaired) electrons. The molecule has 2 rings (SSSR count). The van der Waals surface area contributed by atoms with E-state index in [0.717, 1.165) is 11.3 Å². The van der Waals surface area contributed by atoms with Crippen LogP contribution in [-0.2, 0) is 15.5 Å². The molecule has 2 aromatic rings. The van der Waals surface area contributed by atoms with E-state index in [1.807, 2.05) is 27.7 Å². The molecule has 1 aromatic heterocycles. The summed E-state index contributed by atoms with van der Waals surface area (Å²) in [5.41, 5.74) is 1.54. The number of benzene rings is 1. The van der Waals surface area contributed by atoms with E-state index in [-0.39, 0.29) is 10.3 Å². The third-order valence-corrected chi connectivity index (χ3v) is 4.22. The van der Waals surface area contributed by atoms with E-state index in [2.05, 4.69) is 4.98 Å². The van der Waals surface area contributed by atoms with Gasteiger partial charge in [-0.1, -0.05) is 38.5 Å². The van der Waals surface area contributed by atoms with Crippen LogP contribution in [0.2, 0.25) is 0 Å². The number of aromatic amines is 1.